The number of ketones is 1. The van der Waals surface area contributed by atoms with Crippen molar-refractivity contribution < 1.29 is 9.63 Å². The number of hydroxylamine groups is 2. The maximum atomic E-state index is 11.2. The normalized spacial score (nSPS) is 18.4. The Morgan fingerprint density at radius 2 is 1.94 bits per heavy atom. The number of nitrogens with zero attached hydrogens (tertiary/aromatic N) is 1. The third kappa shape index (κ3) is 3.43. The van der Waals surface area contributed by atoms with Gasteiger partial charge in [-0.3, -0.25) is 9.63 Å². The highest BCUT2D eigenvalue weighted by atomic mass is 16.7. The molecular weight excluding hydrogens is 202 g/mol. The molecule has 16 heavy (non-hydrogen) atoms. The largest absolute Gasteiger partial charge is 0.300 e. The second-order valence-electron chi connectivity index (χ2n) is 4.08. The first-order chi connectivity index (χ1) is 7.84. The molecule has 0 aliphatic carbocycles. The second-order valence-corrected chi connectivity index (χ2v) is 4.08. The van der Waals surface area contributed by atoms with Crippen LogP contribution >= 0.6 is 0 Å². The number of hydrogen-bond acceptors (Lipinski definition) is 3. The molecule has 1 aromatic rings. The Bertz CT molecular complexity index is 337. The molecule has 2 rings (SSSR count). The van der Waals surface area contributed by atoms with Crippen LogP contribution in [-0.4, -0.2) is 23.9 Å². The van der Waals surface area contributed by atoms with Crippen molar-refractivity contribution in [2.24, 2.45) is 0 Å². The molecule has 3 nitrogen and oxygen atoms in total. The topological polar surface area (TPSA) is 29.5 Å². The van der Waals surface area contributed by atoms with E-state index in [1.54, 1.807) is 0 Å². The molecular formula is C13H17NO2. The molecule has 0 atom stereocenters. The number of carbonyl (C=O) groups is 1. The first-order valence-electron chi connectivity index (χ1n) is 5.78. The fourth-order valence-electron chi connectivity index (χ4n) is 1.81. The molecule has 0 N–H and O–H groups in total. The van der Waals surface area contributed by atoms with Crippen molar-refractivity contribution in [2.45, 2.75) is 25.9 Å². The zero-order valence-corrected chi connectivity index (χ0v) is 9.39. The van der Waals surface area contributed by atoms with Crippen LogP contribution < -0.4 is 0 Å². The van der Waals surface area contributed by atoms with E-state index < -0.39 is 0 Å². The number of benzene rings is 1. The van der Waals surface area contributed by atoms with Crippen molar-refractivity contribution in [2.75, 3.05) is 13.1 Å². The van der Waals surface area contributed by atoms with Crippen molar-refractivity contribution in [1.29, 1.82) is 0 Å². The van der Waals surface area contributed by atoms with E-state index in [9.17, 15) is 4.79 Å². The first-order valence-corrected chi connectivity index (χ1v) is 5.78. The Kier molecular flexibility index (Phi) is 4.08. The van der Waals surface area contributed by atoms with Crippen LogP contribution in [0.5, 0.6) is 0 Å². The van der Waals surface area contributed by atoms with Crippen molar-refractivity contribution in [1.82, 2.24) is 5.06 Å². The van der Waals surface area contributed by atoms with E-state index in [1.165, 1.54) is 0 Å². The Morgan fingerprint density at radius 3 is 2.75 bits per heavy atom. The summed E-state index contributed by atoms with van der Waals surface area (Å²) in [6, 6.07) is 10.1. The lowest BCUT2D eigenvalue weighted by Crippen LogP contribution is -2.25. The third-order valence-electron chi connectivity index (χ3n) is 2.76. The molecule has 86 valence electrons. The van der Waals surface area contributed by atoms with Gasteiger partial charge in [0.1, 0.15) is 5.78 Å². The summed E-state index contributed by atoms with van der Waals surface area (Å²) in [6.07, 6.45) is 2.23. The van der Waals surface area contributed by atoms with E-state index in [0.717, 1.165) is 25.1 Å². The van der Waals surface area contributed by atoms with E-state index in [2.05, 4.69) is 0 Å². The van der Waals surface area contributed by atoms with Crippen molar-refractivity contribution >= 4 is 5.78 Å². The maximum Gasteiger partial charge on any atom is 0.134 e. The summed E-state index contributed by atoms with van der Waals surface area (Å²) in [5.41, 5.74) is 1.16. The third-order valence-corrected chi connectivity index (χ3v) is 2.76. The standard InChI is InChI=1S/C13H17NO2/c15-13-7-4-9-14(10-8-13)16-11-12-5-2-1-3-6-12/h1-3,5-6H,4,7-11H2. The molecule has 0 saturated carbocycles. The molecule has 1 fully saturated rings. The van der Waals surface area contributed by atoms with Crippen molar-refractivity contribution in [3.8, 4) is 0 Å². The fourth-order valence-corrected chi connectivity index (χ4v) is 1.81. The minimum absolute atomic E-state index is 0.353. The van der Waals surface area contributed by atoms with Gasteiger partial charge in [0, 0.05) is 25.9 Å². The van der Waals surface area contributed by atoms with Gasteiger partial charge in [0.05, 0.1) is 6.61 Å². The van der Waals surface area contributed by atoms with Crippen LogP contribution in [0.1, 0.15) is 24.8 Å². The van der Waals surface area contributed by atoms with Crippen LogP contribution in [0.4, 0.5) is 0 Å². The van der Waals surface area contributed by atoms with Gasteiger partial charge in [-0.1, -0.05) is 30.3 Å². The van der Waals surface area contributed by atoms with Crippen LogP contribution in [0.2, 0.25) is 0 Å². The molecule has 0 aromatic heterocycles. The molecule has 1 aliphatic heterocycles. The Morgan fingerprint density at radius 1 is 1.12 bits per heavy atom. The van der Waals surface area contributed by atoms with Gasteiger partial charge in [-0.2, -0.15) is 5.06 Å². The number of hydrogen-bond donors (Lipinski definition) is 0. The summed E-state index contributed by atoms with van der Waals surface area (Å²) in [4.78, 5) is 16.9. The second kappa shape index (κ2) is 5.77. The van der Waals surface area contributed by atoms with Crippen LogP contribution in [0, 0.1) is 0 Å². The molecule has 0 spiro atoms. The summed E-state index contributed by atoms with van der Waals surface area (Å²) in [7, 11) is 0. The van der Waals surface area contributed by atoms with Gasteiger partial charge in [0.25, 0.3) is 0 Å². The number of Topliss-reactive ketones (excluding diaryl/α,β-unsaturated/α-hetero) is 1. The summed E-state index contributed by atoms with van der Waals surface area (Å²) < 4.78 is 0. The highest BCUT2D eigenvalue weighted by molar-refractivity contribution is 5.78. The molecule has 1 saturated heterocycles. The predicted octanol–water partition coefficient (Wildman–Crippen LogP) is 2.17. The Hall–Kier alpha value is -1.19. The van der Waals surface area contributed by atoms with Crippen LogP contribution in [-0.2, 0) is 16.2 Å². The van der Waals surface area contributed by atoms with E-state index in [1.807, 2.05) is 35.4 Å². The molecule has 1 aromatic carbocycles. The zero-order valence-electron chi connectivity index (χ0n) is 9.39. The van der Waals surface area contributed by atoms with E-state index in [4.69, 9.17) is 4.84 Å². The Labute approximate surface area is 96.0 Å². The fraction of sp³-hybridized carbons (Fsp3) is 0.462. The average molecular weight is 219 g/mol. The van der Waals surface area contributed by atoms with E-state index >= 15 is 0 Å². The molecule has 0 radical (unpaired) electrons. The number of carbonyl (C=O) groups excluding carboxylic acids is 1. The Balaban J connectivity index is 1.79. The summed E-state index contributed by atoms with van der Waals surface area (Å²) in [6.45, 7) is 2.18. The van der Waals surface area contributed by atoms with Gasteiger partial charge in [-0.25, -0.2) is 0 Å². The van der Waals surface area contributed by atoms with Gasteiger partial charge >= 0.3 is 0 Å². The minimum Gasteiger partial charge on any atom is -0.300 e. The summed E-state index contributed by atoms with van der Waals surface area (Å²) >= 11 is 0. The SMILES string of the molecule is O=C1CCCN(OCc2ccccc2)CC1. The van der Waals surface area contributed by atoms with Crippen LogP contribution in [0.15, 0.2) is 30.3 Å². The molecule has 1 aliphatic rings. The predicted molar refractivity (Wildman–Crippen MR) is 61.7 cm³/mol. The lowest BCUT2D eigenvalue weighted by molar-refractivity contribution is -0.168. The van der Waals surface area contributed by atoms with Gasteiger partial charge in [-0.15, -0.1) is 0 Å². The van der Waals surface area contributed by atoms with Gasteiger partial charge < -0.3 is 0 Å². The molecule has 0 bridgehead atoms. The van der Waals surface area contributed by atoms with Crippen molar-refractivity contribution in [3.05, 3.63) is 35.9 Å². The van der Waals surface area contributed by atoms with Gasteiger partial charge in [0.2, 0.25) is 0 Å². The monoisotopic (exact) mass is 219 g/mol. The van der Waals surface area contributed by atoms with Crippen LogP contribution in [0.3, 0.4) is 0 Å². The highest BCUT2D eigenvalue weighted by Gasteiger charge is 2.14. The number of rotatable bonds is 3. The quantitative estimate of drug-likeness (QED) is 0.780. The molecule has 0 amide bonds. The van der Waals surface area contributed by atoms with Gasteiger partial charge in [0.15, 0.2) is 0 Å². The van der Waals surface area contributed by atoms with E-state index in [-0.39, 0.29) is 0 Å². The summed E-state index contributed by atoms with van der Waals surface area (Å²) in [5, 5.41) is 1.91. The van der Waals surface area contributed by atoms with Crippen LogP contribution in [0.25, 0.3) is 0 Å². The first kappa shape index (κ1) is 11.3. The lowest BCUT2D eigenvalue weighted by atomic mass is 10.2. The minimum atomic E-state index is 0.353. The highest BCUT2D eigenvalue weighted by Crippen LogP contribution is 2.09. The maximum absolute atomic E-state index is 11.2. The lowest BCUT2D eigenvalue weighted by Gasteiger charge is -2.18. The average Bonchev–Trinajstić information content (AvgIpc) is 2.53. The molecule has 3 heteroatoms. The summed E-state index contributed by atoms with van der Waals surface area (Å²) in [5.74, 6) is 0.353. The van der Waals surface area contributed by atoms with Crippen molar-refractivity contribution in [3.63, 3.8) is 0 Å². The smallest absolute Gasteiger partial charge is 0.134 e. The molecule has 0 unspecified atom stereocenters. The zero-order chi connectivity index (χ0) is 11.2. The van der Waals surface area contributed by atoms with Gasteiger partial charge in [-0.05, 0) is 12.0 Å². The molecule has 1 heterocycles. The van der Waals surface area contributed by atoms with E-state index in [0.29, 0.717) is 25.2 Å².